The van der Waals surface area contributed by atoms with E-state index in [2.05, 4.69) is 29.8 Å². The number of nitrogens with one attached hydrogen (secondary N) is 3. The van der Waals surface area contributed by atoms with Crippen molar-refractivity contribution in [1.29, 1.82) is 0 Å². The van der Waals surface area contributed by atoms with E-state index in [1.807, 2.05) is 11.9 Å². The molecule has 2 saturated heterocycles. The van der Waals surface area contributed by atoms with Gasteiger partial charge in [-0.1, -0.05) is 6.92 Å². The number of hydrogen-bond donors (Lipinski definition) is 4. The molecule has 9 atom stereocenters. The molecule has 2 aliphatic heterocycles. The summed E-state index contributed by atoms with van der Waals surface area (Å²) in [6.45, 7) is 8.78. The first-order chi connectivity index (χ1) is 15.1. The predicted octanol–water partition coefficient (Wildman–Crippen LogP) is 1.87. The summed E-state index contributed by atoms with van der Waals surface area (Å²) < 4.78 is 0. The van der Waals surface area contributed by atoms with Gasteiger partial charge in [-0.15, -0.1) is 0 Å². The Kier molecular flexibility index (Phi) is 8.20. The highest BCUT2D eigenvalue weighted by molar-refractivity contribution is 5.95. The Bertz CT molecular complexity index is 699. The van der Waals surface area contributed by atoms with Gasteiger partial charge in [-0.05, 0) is 77.0 Å². The van der Waals surface area contributed by atoms with Crippen LogP contribution in [0, 0.1) is 29.6 Å². The van der Waals surface area contributed by atoms with Gasteiger partial charge in [0.25, 0.3) is 0 Å². The lowest BCUT2D eigenvalue weighted by atomic mass is 9.64. The number of carbonyl (C=O) groups is 3. The number of amides is 4. The average Bonchev–Trinajstić information content (AvgIpc) is 2.70. The van der Waals surface area contributed by atoms with Gasteiger partial charge in [0.05, 0.1) is 6.10 Å². The van der Waals surface area contributed by atoms with E-state index in [0.717, 1.165) is 32.2 Å². The lowest BCUT2D eigenvalue weighted by Crippen LogP contribution is -2.60. The largest absolute Gasteiger partial charge is 0.393 e. The van der Waals surface area contributed by atoms with Crippen LogP contribution in [-0.4, -0.2) is 65.7 Å². The molecule has 4 N–H and O–H groups in total. The second kappa shape index (κ2) is 10.5. The number of nitrogens with zero attached hydrogens (tertiary/aromatic N) is 1. The molecule has 1 aliphatic carbocycles. The molecule has 0 spiro atoms. The van der Waals surface area contributed by atoms with E-state index in [-0.39, 0.29) is 35.6 Å². The first kappa shape index (κ1) is 25.0. The molecule has 8 nitrogen and oxygen atoms in total. The zero-order chi connectivity index (χ0) is 23.6. The van der Waals surface area contributed by atoms with Crippen molar-refractivity contribution in [2.45, 2.75) is 90.4 Å². The zero-order valence-corrected chi connectivity index (χ0v) is 20.3. The molecular formula is C24H42N4O4. The smallest absolute Gasteiger partial charge is 0.321 e. The maximum Gasteiger partial charge on any atom is 0.321 e. The van der Waals surface area contributed by atoms with E-state index in [1.165, 1.54) is 0 Å². The van der Waals surface area contributed by atoms with Gasteiger partial charge in [0.2, 0.25) is 11.8 Å². The number of hydrogen-bond acceptors (Lipinski definition) is 5. The van der Waals surface area contributed by atoms with E-state index in [9.17, 15) is 19.5 Å². The van der Waals surface area contributed by atoms with E-state index in [0.29, 0.717) is 36.8 Å². The van der Waals surface area contributed by atoms with Crippen molar-refractivity contribution >= 4 is 17.8 Å². The van der Waals surface area contributed by atoms with Gasteiger partial charge in [0.15, 0.2) is 0 Å². The van der Waals surface area contributed by atoms with Crippen LogP contribution in [-0.2, 0) is 9.59 Å². The van der Waals surface area contributed by atoms with Gasteiger partial charge in [0, 0.05) is 43.6 Å². The summed E-state index contributed by atoms with van der Waals surface area (Å²) in [4.78, 5) is 40.3. The summed E-state index contributed by atoms with van der Waals surface area (Å²) in [5, 5.41) is 18.2. The quantitative estimate of drug-likeness (QED) is 0.511. The van der Waals surface area contributed by atoms with Crippen molar-refractivity contribution in [1.82, 2.24) is 20.9 Å². The normalized spacial score (nSPS) is 37.2. The minimum Gasteiger partial charge on any atom is -0.393 e. The molecule has 1 saturated carbocycles. The summed E-state index contributed by atoms with van der Waals surface area (Å²) in [6.07, 6.45) is 4.06. The van der Waals surface area contributed by atoms with Crippen LogP contribution >= 0.6 is 0 Å². The van der Waals surface area contributed by atoms with E-state index < -0.39 is 12.1 Å². The Balaban J connectivity index is 1.60. The van der Waals surface area contributed by atoms with Gasteiger partial charge in [0.1, 0.15) is 0 Å². The first-order valence-corrected chi connectivity index (χ1v) is 12.4. The molecule has 0 aromatic rings. The molecule has 3 rings (SSSR count). The van der Waals surface area contributed by atoms with Crippen molar-refractivity contribution in [2.75, 3.05) is 13.6 Å². The third kappa shape index (κ3) is 5.81. The Morgan fingerprint density at radius 1 is 1.19 bits per heavy atom. The van der Waals surface area contributed by atoms with Gasteiger partial charge < -0.3 is 20.6 Å². The maximum absolute atomic E-state index is 13.3. The van der Waals surface area contributed by atoms with Crippen molar-refractivity contribution in [3.8, 4) is 0 Å². The molecule has 0 aromatic carbocycles. The summed E-state index contributed by atoms with van der Waals surface area (Å²) in [5.41, 5.74) is 0. The minimum absolute atomic E-state index is 0.0538. The summed E-state index contributed by atoms with van der Waals surface area (Å²) >= 11 is 0. The molecular weight excluding hydrogens is 408 g/mol. The fraction of sp³-hybridized carbons (Fsp3) is 0.875. The van der Waals surface area contributed by atoms with Crippen LogP contribution in [0.25, 0.3) is 0 Å². The number of urea groups is 1. The fourth-order valence-electron chi connectivity index (χ4n) is 6.25. The number of aliphatic hydroxyl groups is 1. The second-order valence-corrected chi connectivity index (χ2v) is 10.8. The number of aliphatic hydroxyl groups excluding tert-OH is 1. The predicted molar refractivity (Wildman–Crippen MR) is 123 cm³/mol. The van der Waals surface area contributed by atoms with Gasteiger partial charge in [-0.2, -0.15) is 0 Å². The molecule has 32 heavy (non-hydrogen) atoms. The van der Waals surface area contributed by atoms with Crippen LogP contribution in [0.2, 0.25) is 0 Å². The molecule has 3 fully saturated rings. The number of imide groups is 1. The second-order valence-electron chi connectivity index (χ2n) is 10.8. The van der Waals surface area contributed by atoms with Crippen molar-refractivity contribution in [3.63, 3.8) is 0 Å². The van der Waals surface area contributed by atoms with Crippen LogP contribution < -0.4 is 16.0 Å². The van der Waals surface area contributed by atoms with Crippen LogP contribution in [0.15, 0.2) is 0 Å². The number of piperidine rings is 2. The van der Waals surface area contributed by atoms with Crippen LogP contribution in [0.1, 0.15) is 66.2 Å². The molecule has 8 heteroatoms. The summed E-state index contributed by atoms with van der Waals surface area (Å²) in [6, 6.07) is -0.00590. The Morgan fingerprint density at radius 2 is 1.91 bits per heavy atom. The topological polar surface area (TPSA) is 111 Å². The minimum atomic E-state index is -0.519. The van der Waals surface area contributed by atoms with Crippen LogP contribution in [0.4, 0.5) is 4.79 Å². The molecule has 0 bridgehead atoms. The third-order valence-corrected chi connectivity index (χ3v) is 8.04. The number of likely N-dealkylation sites (tertiary alicyclic amines) is 1. The summed E-state index contributed by atoms with van der Waals surface area (Å²) in [5.74, 6) is 0.660. The van der Waals surface area contributed by atoms with Gasteiger partial charge in [-0.25, -0.2) is 4.79 Å². The standard InChI is InChI=1S/C24H42N4O4/c1-13-6-7-17(22(30)27-24(32)26-15(3)8-16(4)29)10-19(13)20-11-18-12-25-14(2)9-21(18)28(5)23(20)31/h13-21,25,29H,6-12H2,1-5H3,(H2,26,27,30,32). The van der Waals surface area contributed by atoms with Gasteiger partial charge in [-0.3, -0.25) is 14.9 Å². The van der Waals surface area contributed by atoms with E-state index >= 15 is 0 Å². The van der Waals surface area contributed by atoms with Crippen LogP contribution in [0.3, 0.4) is 0 Å². The number of fused-ring (bicyclic) bond motifs is 1. The molecule has 4 amide bonds. The number of rotatable bonds is 5. The maximum atomic E-state index is 13.3. The molecule has 0 radical (unpaired) electrons. The SMILES string of the molecule is CC(O)CC(C)NC(=O)NC(=O)C1CCC(C)C(C2CC3CNC(C)CC3N(C)C2=O)C1. The number of carbonyl (C=O) groups excluding carboxylic acids is 3. The molecule has 3 aliphatic rings. The Morgan fingerprint density at radius 3 is 2.59 bits per heavy atom. The highest BCUT2D eigenvalue weighted by atomic mass is 16.3. The zero-order valence-electron chi connectivity index (χ0n) is 20.3. The van der Waals surface area contributed by atoms with E-state index in [1.54, 1.807) is 13.8 Å². The highest BCUT2D eigenvalue weighted by Crippen LogP contribution is 2.44. The van der Waals surface area contributed by atoms with Crippen molar-refractivity contribution in [2.24, 2.45) is 29.6 Å². The van der Waals surface area contributed by atoms with Gasteiger partial charge >= 0.3 is 6.03 Å². The highest BCUT2D eigenvalue weighted by Gasteiger charge is 2.47. The van der Waals surface area contributed by atoms with Crippen molar-refractivity contribution in [3.05, 3.63) is 0 Å². The molecule has 0 aromatic heterocycles. The Labute approximate surface area is 192 Å². The lowest BCUT2D eigenvalue weighted by Gasteiger charge is -2.50. The molecule has 9 unspecified atom stereocenters. The first-order valence-electron chi connectivity index (χ1n) is 12.4. The fourth-order valence-corrected chi connectivity index (χ4v) is 6.25. The third-order valence-electron chi connectivity index (χ3n) is 8.04. The van der Waals surface area contributed by atoms with Crippen LogP contribution in [0.5, 0.6) is 0 Å². The lowest BCUT2D eigenvalue weighted by molar-refractivity contribution is -0.149. The molecule has 2 heterocycles. The monoisotopic (exact) mass is 450 g/mol. The van der Waals surface area contributed by atoms with E-state index in [4.69, 9.17) is 0 Å². The average molecular weight is 451 g/mol. The summed E-state index contributed by atoms with van der Waals surface area (Å²) in [7, 11) is 1.95. The Hall–Kier alpha value is -1.67. The molecule has 182 valence electrons. The van der Waals surface area contributed by atoms with Crippen molar-refractivity contribution < 1.29 is 19.5 Å².